The molecule has 0 radical (unpaired) electrons. The highest BCUT2D eigenvalue weighted by atomic mass is 19.4. The van der Waals surface area contributed by atoms with E-state index in [0.717, 1.165) is 25.0 Å². The topological polar surface area (TPSA) is 71.1 Å². The van der Waals surface area contributed by atoms with Crippen molar-refractivity contribution in [3.63, 3.8) is 0 Å². The van der Waals surface area contributed by atoms with Crippen LogP contribution in [0.2, 0.25) is 0 Å². The average molecular weight is 363 g/mol. The van der Waals surface area contributed by atoms with E-state index in [1.807, 2.05) is 0 Å². The largest absolute Gasteiger partial charge is 0.416 e. The van der Waals surface area contributed by atoms with Crippen molar-refractivity contribution in [2.75, 3.05) is 12.4 Å². The molecule has 26 heavy (non-hydrogen) atoms. The molecule has 8 heteroatoms. The summed E-state index contributed by atoms with van der Waals surface area (Å²) in [5, 5.41) is 5.16. The number of hydrogen-bond acceptors (Lipinski definition) is 3. The number of benzene rings is 1. The molecule has 136 valence electrons. The number of carbonyl (C=O) groups is 2. The van der Waals surface area contributed by atoms with Gasteiger partial charge in [0.2, 0.25) is 5.91 Å². The minimum Gasteiger partial charge on any atom is -0.354 e. The molecule has 1 saturated carbocycles. The maximum atomic E-state index is 12.8. The molecule has 1 fully saturated rings. The van der Waals surface area contributed by atoms with Crippen molar-refractivity contribution in [2.24, 2.45) is 5.92 Å². The average Bonchev–Trinajstić information content (AvgIpc) is 3.46. The molecular formula is C18H16F3N3O2. The molecule has 0 spiro atoms. The number of nitrogens with one attached hydrogen (secondary N) is 2. The van der Waals surface area contributed by atoms with Gasteiger partial charge in [-0.2, -0.15) is 13.2 Å². The van der Waals surface area contributed by atoms with Crippen molar-refractivity contribution >= 4 is 17.5 Å². The number of carbonyl (C=O) groups excluding carboxylic acids is 2. The van der Waals surface area contributed by atoms with Gasteiger partial charge in [-0.25, -0.2) is 4.98 Å². The highest BCUT2D eigenvalue weighted by Crippen LogP contribution is 2.36. The number of rotatable bonds is 4. The van der Waals surface area contributed by atoms with Crippen LogP contribution in [0.4, 0.5) is 18.9 Å². The minimum absolute atomic E-state index is 0.0129. The second-order valence-electron chi connectivity index (χ2n) is 6.00. The van der Waals surface area contributed by atoms with Gasteiger partial charge in [-0.15, -0.1) is 0 Å². The van der Waals surface area contributed by atoms with Gasteiger partial charge in [0, 0.05) is 24.7 Å². The van der Waals surface area contributed by atoms with E-state index >= 15 is 0 Å². The van der Waals surface area contributed by atoms with Gasteiger partial charge in [-0.3, -0.25) is 9.59 Å². The molecule has 1 aromatic carbocycles. The standard InChI is InChI=1S/C18H16F3N3O2/c1-22-17(26)15-14(24-16(25)11-2-3-11)13(8-9-23-15)10-4-6-12(7-5-10)18(19,20)21/h4-9,11H,2-3H2,1H3,(H,22,26)(H,24,25). The van der Waals surface area contributed by atoms with E-state index in [1.165, 1.54) is 25.4 Å². The molecule has 2 amide bonds. The van der Waals surface area contributed by atoms with Crippen molar-refractivity contribution < 1.29 is 22.8 Å². The Labute approximate surface area is 147 Å². The normalized spacial score (nSPS) is 14.0. The van der Waals surface area contributed by atoms with Gasteiger partial charge in [0.15, 0.2) is 5.69 Å². The lowest BCUT2D eigenvalue weighted by Gasteiger charge is -2.15. The third kappa shape index (κ3) is 3.68. The predicted molar refractivity (Wildman–Crippen MR) is 89.4 cm³/mol. The van der Waals surface area contributed by atoms with E-state index in [9.17, 15) is 22.8 Å². The zero-order valence-corrected chi connectivity index (χ0v) is 13.9. The van der Waals surface area contributed by atoms with Crippen LogP contribution < -0.4 is 10.6 Å². The highest BCUT2D eigenvalue weighted by Gasteiger charge is 2.32. The van der Waals surface area contributed by atoms with Gasteiger partial charge in [-0.1, -0.05) is 12.1 Å². The van der Waals surface area contributed by atoms with Crippen LogP contribution in [0.3, 0.4) is 0 Å². The van der Waals surface area contributed by atoms with Crippen molar-refractivity contribution in [3.05, 3.63) is 47.8 Å². The Hall–Kier alpha value is -2.90. The number of amides is 2. The zero-order chi connectivity index (χ0) is 18.9. The number of pyridine rings is 1. The summed E-state index contributed by atoms with van der Waals surface area (Å²) < 4.78 is 38.3. The summed E-state index contributed by atoms with van der Waals surface area (Å²) in [6, 6.07) is 6.08. The maximum Gasteiger partial charge on any atom is 0.416 e. The first-order valence-electron chi connectivity index (χ1n) is 8.01. The van der Waals surface area contributed by atoms with Gasteiger partial charge >= 0.3 is 6.18 Å². The van der Waals surface area contributed by atoms with Crippen molar-refractivity contribution in [2.45, 2.75) is 19.0 Å². The summed E-state index contributed by atoms with van der Waals surface area (Å²) in [7, 11) is 1.43. The van der Waals surface area contributed by atoms with Crippen molar-refractivity contribution in [1.29, 1.82) is 0 Å². The zero-order valence-electron chi connectivity index (χ0n) is 13.9. The molecule has 0 atom stereocenters. The van der Waals surface area contributed by atoms with Crippen molar-refractivity contribution in [3.8, 4) is 11.1 Å². The first kappa shape index (κ1) is 17.9. The Kier molecular flexibility index (Phi) is 4.67. The summed E-state index contributed by atoms with van der Waals surface area (Å²) in [5.41, 5.74) is 0.311. The molecule has 1 aliphatic rings. The van der Waals surface area contributed by atoms with E-state index in [4.69, 9.17) is 0 Å². The smallest absolute Gasteiger partial charge is 0.354 e. The SMILES string of the molecule is CNC(=O)c1nccc(-c2ccc(C(F)(F)F)cc2)c1NC(=O)C1CC1. The number of anilines is 1. The van der Waals surface area contributed by atoms with E-state index < -0.39 is 17.6 Å². The molecule has 0 unspecified atom stereocenters. The Morgan fingerprint density at radius 2 is 1.77 bits per heavy atom. The third-order valence-corrected chi connectivity index (χ3v) is 4.11. The van der Waals surface area contributed by atoms with Crippen LogP contribution in [-0.2, 0) is 11.0 Å². The lowest BCUT2D eigenvalue weighted by Crippen LogP contribution is -2.24. The van der Waals surface area contributed by atoms with Crippen molar-refractivity contribution in [1.82, 2.24) is 10.3 Å². The quantitative estimate of drug-likeness (QED) is 0.874. The van der Waals surface area contributed by atoms with Crippen LogP contribution in [0.15, 0.2) is 36.5 Å². The molecule has 0 aliphatic heterocycles. The molecule has 0 saturated heterocycles. The molecule has 2 aromatic rings. The summed E-state index contributed by atoms with van der Waals surface area (Å²) in [5.74, 6) is -0.825. The number of hydrogen-bond donors (Lipinski definition) is 2. The fourth-order valence-electron chi connectivity index (χ4n) is 2.53. The summed E-state index contributed by atoms with van der Waals surface area (Å²) >= 11 is 0. The molecule has 1 heterocycles. The van der Waals surface area contributed by atoms with Crippen LogP contribution in [0.1, 0.15) is 28.9 Å². The molecular weight excluding hydrogens is 347 g/mol. The molecule has 1 aromatic heterocycles. The number of alkyl halides is 3. The highest BCUT2D eigenvalue weighted by molar-refractivity contribution is 6.07. The van der Waals surface area contributed by atoms with E-state index in [2.05, 4.69) is 15.6 Å². The number of halogens is 3. The Morgan fingerprint density at radius 3 is 2.31 bits per heavy atom. The Morgan fingerprint density at radius 1 is 1.12 bits per heavy atom. The molecule has 0 bridgehead atoms. The van der Waals surface area contributed by atoms with Crippen LogP contribution in [0.25, 0.3) is 11.1 Å². The lowest BCUT2D eigenvalue weighted by molar-refractivity contribution is -0.137. The van der Waals surface area contributed by atoms with E-state index in [1.54, 1.807) is 6.07 Å². The minimum atomic E-state index is -4.44. The monoisotopic (exact) mass is 363 g/mol. The number of nitrogens with zero attached hydrogens (tertiary/aromatic N) is 1. The maximum absolute atomic E-state index is 12.8. The van der Waals surface area contributed by atoms with Crippen LogP contribution in [0, 0.1) is 5.92 Å². The Balaban J connectivity index is 2.04. The van der Waals surface area contributed by atoms with Gasteiger partial charge in [0.1, 0.15) is 0 Å². The third-order valence-electron chi connectivity index (χ3n) is 4.11. The predicted octanol–water partition coefficient (Wildman–Crippen LogP) is 3.48. The van der Waals surface area contributed by atoms with Crippen LogP contribution in [-0.4, -0.2) is 23.8 Å². The van der Waals surface area contributed by atoms with Crippen LogP contribution in [0.5, 0.6) is 0 Å². The van der Waals surface area contributed by atoms with Gasteiger partial charge < -0.3 is 10.6 Å². The first-order chi connectivity index (χ1) is 12.3. The molecule has 5 nitrogen and oxygen atoms in total. The summed E-state index contributed by atoms with van der Waals surface area (Å²) in [6.07, 6.45) is -1.51. The van der Waals surface area contributed by atoms with Gasteiger partial charge in [0.05, 0.1) is 11.3 Å². The fraction of sp³-hybridized carbons (Fsp3) is 0.278. The fourth-order valence-corrected chi connectivity index (χ4v) is 2.53. The van der Waals surface area contributed by atoms with E-state index in [-0.39, 0.29) is 23.2 Å². The second-order valence-corrected chi connectivity index (χ2v) is 6.00. The molecule has 2 N–H and O–H groups in total. The summed E-state index contributed by atoms with van der Waals surface area (Å²) in [4.78, 5) is 28.3. The van der Waals surface area contributed by atoms with Gasteiger partial charge in [-0.05, 0) is 36.6 Å². The number of aromatic nitrogens is 1. The Bertz CT molecular complexity index is 844. The van der Waals surface area contributed by atoms with Gasteiger partial charge in [0.25, 0.3) is 5.91 Å². The van der Waals surface area contributed by atoms with E-state index in [0.29, 0.717) is 11.1 Å². The summed E-state index contributed by atoms with van der Waals surface area (Å²) in [6.45, 7) is 0. The first-order valence-corrected chi connectivity index (χ1v) is 8.01. The lowest BCUT2D eigenvalue weighted by atomic mass is 10.0. The van der Waals surface area contributed by atoms with Crippen LogP contribution >= 0.6 is 0 Å². The molecule has 3 rings (SSSR count). The molecule has 1 aliphatic carbocycles. The second kappa shape index (κ2) is 6.78.